The lowest BCUT2D eigenvalue weighted by Gasteiger charge is -2.12. The van der Waals surface area contributed by atoms with Gasteiger partial charge in [0, 0.05) is 25.4 Å². The number of nitrogens with one attached hydrogen (secondary N) is 2. The molecule has 0 spiro atoms. The van der Waals surface area contributed by atoms with E-state index in [0.29, 0.717) is 13.1 Å². The second-order valence-electron chi connectivity index (χ2n) is 4.81. The van der Waals surface area contributed by atoms with Crippen molar-refractivity contribution in [2.75, 3.05) is 13.7 Å². The van der Waals surface area contributed by atoms with Gasteiger partial charge in [0.15, 0.2) is 5.96 Å². The highest BCUT2D eigenvalue weighted by Crippen LogP contribution is 2.17. The first kappa shape index (κ1) is 15.9. The molecule has 0 fully saturated rings. The Bertz CT molecular complexity index is 621. The standard InChI is InChI=1S/C16H23N5O/c1-4-17-16(19-12-14-9-10-20-21(14)2)18-11-13-7-5-6-8-15(13)22-3/h5-10H,4,11-12H2,1-3H3,(H2,17,18,19). The van der Waals surface area contributed by atoms with Gasteiger partial charge in [0.25, 0.3) is 0 Å². The molecule has 0 saturated heterocycles. The number of para-hydroxylation sites is 1. The minimum absolute atomic E-state index is 0.560. The number of benzene rings is 1. The average Bonchev–Trinajstić information content (AvgIpc) is 2.95. The lowest BCUT2D eigenvalue weighted by atomic mass is 10.2. The van der Waals surface area contributed by atoms with Crippen LogP contribution in [0, 0.1) is 0 Å². The topological polar surface area (TPSA) is 63.5 Å². The molecule has 0 aliphatic heterocycles. The molecule has 118 valence electrons. The monoisotopic (exact) mass is 301 g/mol. The molecule has 2 aromatic rings. The molecule has 6 nitrogen and oxygen atoms in total. The zero-order valence-corrected chi connectivity index (χ0v) is 13.3. The van der Waals surface area contributed by atoms with Crippen molar-refractivity contribution in [3.63, 3.8) is 0 Å². The average molecular weight is 301 g/mol. The number of ether oxygens (including phenoxy) is 1. The number of methoxy groups -OCH3 is 1. The summed E-state index contributed by atoms with van der Waals surface area (Å²) >= 11 is 0. The Morgan fingerprint density at radius 3 is 2.77 bits per heavy atom. The fourth-order valence-corrected chi connectivity index (χ4v) is 2.09. The molecule has 22 heavy (non-hydrogen) atoms. The number of rotatable bonds is 6. The summed E-state index contributed by atoms with van der Waals surface area (Å²) in [7, 11) is 3.60. The highest BCUT2D eigenvalue weighted by atomic mass is 16.5. The Kier molecular flexibility index (Phi) is 5.82. The van der Waals surface area contributed by atoms with E-state index in [1.807, 2.05) is 49.0 Å². The van der Waals surface area contributed by atoms with Crippen LogP contribution in [0.4, 0.5) is 0 Å². The molecule has 0 atom stereocenters. The lowest BCUT2D eigenvalue weighted by molar-refractivity contribution is 0.410. The fourth-order valence-electron chi connectivity index (χ4n) is 2.09. The van der Waals surface area contributed by atoms with Gasteiger partial charge in [-0.3, -0.25) is 4.68 Å². The van der Waals surface area contributed by atoms with Gasteiger partial charge in [-0.1, -0.05) is 18.2 Å². The van der Waals surface area contributed by atoms with E-state index in [1.54, 1.807) is 13.3 Å². The third kappa shape index (κ3) is 4.25. The molecule has 2 rings (SSSR count). The highest BCUT2D eigenvalue weighted by Gasteiger charge is 2.03. The Morgan fingerprint density at radius 2 is 2.09 bits per heavy atom. The van der Waals surface area contributed by atoms with Gasteiger partial charge in [-0.15, -0.1) is 0 Å². The highest BCUT2D eigenvalue weighted by molar-refractivity contribution is 5.79. The van der Waals surface area contributed by atoms with Gasteiger partial charge in [-0.05, 0) is 19.1 Å². The van der Waals surface area contributed by atoms with Gasteiger partial charge in [-0.2, -0.15) is 5.10 Å². The second kappa shape index (κ2) is 8.07. The molecule has 2 N–H and O–H groups in total. The number of aryl methyl sites for hydroxylation is 1. The Morgan fingerprint density at radius 1 is 1.27 bits per heavy atom. The van der Waals surface area contributed by atoms with E-state index in [0.717, 1.165) is 29.5 Å². The van der Waals surface area contributed by atoms with Crippen molar-refractivity contribution in [1.29, 1.82) is 0 Å². The van der Waals surface area contributed by atoms with Crippen molar-refractivity contribution < 1.29 is 4.74 Å². The van der Waals surface area contributed by atoms with Crippen LogP contribution in [0.1, 0.15) is 18.2 Å². The molecule has 6 heteroatoms. The Balaban J connectivity index is 2.02. The largest absolute Gasteiger partial charge is 0.496 e. The maximum Gasteiger partial charge on any atom is 0.191 e. The fraction of sp³-hybridized carbons (Fsp3) is 0.375. The van der Waals surface area contributed by atoms with Gasteiger partial charge in [0.1, 0.15) is 5.75 Å². The molecule has 0 radical (unpaired) electrons. The molecule has 0 bridgehead atoms. The smallest absolute Gasteiger partial charge is 0.191 e. The lowest BCUT2D eigenvalue weighted by Crippen LogP contribution is -2.37. The maximum absolute atomic E-state index is 5.35. The number of hydrogen-bond donors (Lipinski definition) is 2. The molecule has 1 heterocycles. The normalized spacial score (nSPS) is 11.3. The number of guanidine groups is 1. The first-order valence-electron chi connectivity index (χ1n) is 7.35. The van der Waals surface area contributed by atoms with Gasteiger partial charge < -0.3 is 15.4 Å². The van der Waals surface area contributed by atoms with Crippen LogP contribution in [0.15, 0.2) is 41.5 Å². The first-order valence-corrected chi connectivity index (χ1v) is 7.35. The molecule has 0 aliphatic rings. The Hall–Kier alpha value is -2.50. The SMILES string of the molecule is CCNC(=NCc1ccccc1OC)NCc1ccnn1C. The van der Waals surface area contributed by atoms with Gasteiger partial charge >= 0.3 is 0 Å². The minimum Gasteiger partial charge on any atom is -0.496 e. The van der Waals surface area contributed by atoms with E-state index in [1.165, 1.54) is 0 Å². The van der Waals surface area contributed by atoms with Crippen LogP contribution in [0.3, 0.4) is 0 Å². The summed E-state index contributed by atoms with van der Waals surface area (Å²) < 4.78 is 7.19. The quantitative estimate of drug-likeness (QED) is 0.629. The molecule has 1 aromatic carbocycles. The minimum atomic E-state index is 0.560. The van der Waals surface area contributed by atoms with Crippen molar-refractivity contribution in [1.82, 2.24) is 20.4 Å². The third-order valence-corrected chi connectivity index (χ3v) is 3.30. The number of nitrogens with zero attached hydrogens (tertiary/aromatic N) is 3. The van der Waals surface area contributed by atoms with Gasteiger partial charge in [0.05, 0.1) is 25.9 Å². The molecule has 0 saturated carbocycles. The number of aromatic nitrogens is 2. The van der Waals surface area contributed by atoms with E-state index >= 15 is 0 Å². The van der Waals surface area contributed by atoms with E-state index < -0.39 is 0 Å². The molecular formula is C16H23N5O. The van der Waals surface area contributed by atoms with E-state index in [2.05, 4.69) is 20.7 Å². The van der Waals surface area contributed by atoms with Crippen LogP contribution in [0.2, 0.25) is 0 Å². The summed E-state index contributed by atoms with van der Waals surface area (Å²) in [6.07, 6.45) is 1.79. The van der Waals surface area contributed by atoms with Crippen LogP contribution in [0.25, 0.3) is 0 Å². The van der Waals surface area contributed by atoms with Crippen molar-refractivity contribution >= 4 is 5.96 Å². The molecule has 0 amide bonds. The summed E-state index contributed by atoms with van der Waals surface area (Å²) in [5.74, 6) is 1.63. The third-order valence-electron chi connectivity index (χ3n) is 3.30. The number of aliphatic imine (C=N–C) groups is 1. The van der Waals surface area contributed by atoms with Crippen molar-refractivity contribution in [3.05, 3.63) is 47.8 Å². The predicted molar refractivity (Wildman–Crippen MR) is 87.9 cm³/mol. The number of hydrogen-bond acceptors (Lipinski definition) is 3. The molecular weight excluding hydrogens is 278 g/mol. The van der Waals surface area contributed by atoms with Crippen molar-refractivity contribution in [2.24, 2.45) is 12.0 Å². The van der Waals surface area contributed by atoms with Crippen LogP contribution in [0.5, 0.6) is 5.75 Å². The van der Waals surface area contributed by atoms with E-state index in [4.69, 9.17) is 4.74 Å². The van der Waals surface area contributed by atoms with Gasteiger partial charge in [0.2, 0.25) is 0 Å². The molecule has 0 aliphatic carbocycles. The molecule has 1 aromatic heterocycles. The zero-order valence-electron chi connectivity index (χ0n) is 13.3. The summed E-state index contributed by atoms with van der Waals surface area (Å²) in [4.78, 5) is 4.61. The predicted octanol–water partition coefficient (Wildman–Crippen LogP) is 1.68. The summed E-state index contributed by atoms with van der Waals surface area (Å²) in [6.45, 7) is 4.09. The summed E-state index contributed by atoms with van der Waals surface area (Å²) in [5, 5.41) is 10.7. The van der Waals surface area contributed by atoms with Crippen LogP contribution in [-0.4, -0.2) is 29.4 Å². The van der Waals surface area contributed by atoms with Crippen LogP contribution < -0.4 is 15.4 Å². The summed E-state index contributed by atoms with van der Waals surface area (Å²) in [5.41, 5.74) is 2.16. The van der Waals surface area contributed by atoms with Crippen LogP contribution >= 0.6 is 0 Å². The molecule has 0 unspecified atom stereocenters. The van der Waals surface area contributed by atoms with Crippen LogP contribution in [-0.2, 0) is 20.1 Å². The van der Waals surface area contributed by atoms with E-state index in [9.17, 15) is 0 Å². The maximum atomic E-state index is 5.35. The van der Waals surface area contributed by atoms with E-state index in [-0.39, 0.29) is 0 Å². The Labute approximate surface area is 131 Å². The zero-order chi connectivity index (χ0) is 15.8. The van der Waals surface area contributed by atoms with Crippen molar-refractivity contribution in [3.8, 4) is 5.75 Å². The van der Waals surface area contributed by atoms with Crippen molar-refractivity contribution in [2.45, 2.75) is 20.0 Å². The second-order valence-corrected chi connectivity index (χ2v) is 4.81. The van der Waals surface area contributed by atoms with Gasteiger partial charge in [-0.25, -0.2) is 4.99 Å². The first-order chi connectivity index (χ1) is 10.7. The summed E-state index contributed by atoms with van der Waals surface area (Å²) in [6, 6.07) is 9.89.